The van der Waals surface area contributed by atoms with Gasteiger partial charge in [-0.1, -0.05) is 18.2 Å². The summed E-state index contributed by atoms with van der Waals surface area (Å²) in [5.74, 6) is 0.385. The number of carbonyl (C=O) groups is 2. The maximum Gasteiger partial charge on any atom is 0.228 e. The molecule has 2 fully saturated rings. The summed E-state index contributed by atoms with van der Waals surface area (Å²) < 4.78 is 5.85. The molecule has 1 aromatic carbocycles. The molecule has 0 radical (unpaired) electrons. The van der Waals surface area contributed by atoms with Gasteiger partial charge < -0.3 is 14.5 Å². The average Bonchev–Trinajstić information content (AvgIpc) is 3.11. The summed E-state index contributed by atoms with van der Waals surface area (Å²) in [5, 5.41) is 0. The van der Waals surface area contributed by atoms with Crippen LogP contribution < -0.4 is 9.64 Å². The number of nitrogens with zero attached hydrogens (tertiary/aromatic N) is 4. The molecule has 1 aromatic heterocycles. The third-order valence-corrected chi connectivity index (χ3v) is 5.14. The summed E-state index contributed by atoms with van der Waals surface area (Å²) in [5.41, 5.74) is 0.856. The van der Waals surface area contributed by atoms with Crippen LogP contribution in [0.4, 0.5) is 5.69 Å². The minimum Gasteiger partial charge on any atom is -0.474 e. The highest BCUT2D eigenvalue weighted by Crippen LogP contribution is 2.27. The first-order valence-electron chi connectivity index (χ1n) is 9.27. The molecule has 27 heavy (non-hydrogen) atoms. The van der Waals surface area contributed by atoms with E-state index >= 15 is 0 Å². The van der Waals surface area contributed by atoms with E-state index in [0.29, 0.717) is 25.5 Å². The second-order valence-corrected chi connectivity index (χ2v) is 6.93. The molecule has 3 heterocycles. The Morgan fingerprint density at radius 1 is 1.11 bits per heavy atom. The van der Waals surface area contributed by atoms with E-state index in [-0.39, 0.29) is 30.3 Å². The molecule has 1 atom stereocenters. The van der Waals surface area contributed by atoms with Crippen molar-refractivity contribution >= 4 is 17.5 Å². The minimum absolute atomic E-state index is 0.0153. The zero-order chi connectivity index (χ0) is 18.6. The van der Waals surface area contributed by atoms with Crippen LogP contribution in [0.3, 0.4) is 0 Å². The van der Waals surface area contributed by atoms with Crippen LogP contribution in [0.15, 0.2) is 48.9 Å². The van der Waals surface area contributed by atoms with Gasteiger partial charge in [-0.15, -0.1) is 0 Å². The Kier molecular flexibility index (Phi) is 5.00. The monoisotopic (exact) mass is 366 g/mol. The molecule has 2 saturated heterocycles. The van der Waals surface area contributed by atoms with Crippen LogP contribution in [0.1, 0.15) is 19.3 Å². The predicted molar refractivity (Wildman–Crippen MR) is 99.2 cm³/mol. The molecule has 7 nitrogen and oxygen atoms in total. The first kappa shape index (κ1) is 17.5. The minimum atomic E-state index is -0.267. The van der Waals surface area contributed by atoms with E-state index in [1.54, 1.807) is 17.2 Å². The third kappa shape index (κ3) is 3.92. The quantitative estimate of drug-likeness (QED) is 0.826. The molecule has 0 N–H and O–H groups in total. The van der Waals surface area contributed by atoms with Gasteiger partial charge in [0.05, 0.1) is 5.92 Å². The fourth-order valence-electron chi connectivity index (χ4n) is 3.70. The van der Waals surface area contributed by atoms with Gasteiger partial charge in [0.15, 0.2) is 0 Å². The lowest BCUT2D eigenvalue weighted by Gasteiger charge is -2.33. The lowest BCUT2D eigenvalue weighted by atomic mass is 10.0. The maximum atomic E-state index is 12.9. The van der Waals surface area contributed by atoms with Gasteiger partial charge >= 0.3 is 0 Å². The first-order chi connectivity index (χ1) is 13.2. The number of piperidine rings is 1. The first-order valence-corrected chi connectivity index (χ1v) is 9.27. The van der Waals surface area contributed by atoms with Crippen molar-refractivity contribution in [1.82, 2.24) is 14.9 Å². The Labute approximate surface area is 158 Å². The van der Waals surface area contributed by atoms with Gasteiger partial charge in [0.25, 0.3) is 0 Å². The summed E-state index contributed by atoms with van der Waals surface area (Å²) >= 11 is 0. The highest BCUT2D eigenvalue weighted by Gasteiger charge is 2.38. The zero-order valence-electron chi connectivity index (χ0n) is 15.0. The Hall–Kier alpha value is -2.96. The topological polar surface area (TPSA) is 75.6 Å². The molecule has 0 spiro atoms. The molecule has 0 saturated carbocycles. The van der Waals surface area contributed by atoms with E-state index in [0.717, 1.165) is 18.5 Å². The molecule has 0 bridgehead atoms. The Balaban J connectivity index is 1.31. The van der Waals surface area contributed by atoms with Gasteiger partial charge in [0.1, 0.15) is 12.4 Å². The van der Waals surface area contributed by atoms with Crippen LogP contribution in [0, 0.1) is 5.92 Å². The Morgan fingerprint density at radius 2 is 1.89 bits per heavy atom. The predicted octanol–water partition coefficient (Wildman–Crippen LogP) is 1.90. The van der Waals surface area contributed by atoms with Crippen molar-refractivity contribution in [3.63, 3.8) is 0 Å². The number of para-hydroxylation sites is 1. The number of hydrogen-bond donors (Lipinski definition) is 0. The van der Waals surface area contributed by atoms with Crippen molar-refractivity contribution in [3.8, 4) is 5.88 Å². The summed E-state index contributed by atoms with van der Waals surface area (Å²) in [6.07, 6.45) is 4.97. The van der Waals surface area contributed by atoms with Gasteiger partial charge in [-0.2, -0.15) is 0 Å². The van der Waals surface area contributed by atoms with Crippen LogP contribution in [0.25, 0.3) is 0 Å². The van der Waals surface area contributed by atoms with Crippen molar-refractivity contribution in [2.75, 3.05) is 24.5 Å². The van der Waals surface area contributed by atoms with E-state index in [4.69, 9.17) is 4.74 Å². The van der Waals surface area contributed by atoms with E-state index in [1.807, 2.05) is 35.2 Å². The van der Waals surface area contributed by atoms with E-state index in [1.165, 1.54) is 6.33 Å². The van der Waals surface area contributed by atoms with Crippen LogP contribution in [0.5, 0.6) is 5.88 Å². The number of rotatable bonds is 4. The Morgan fingerprint density at radius 3 is 2.59 bits per heavy atom. The van der Waals surface area contributed by atoms with Gasteiger partial charge in [-0.3, -0.25) is 9.59 Å². The molecule has 0 aliphatic carbocycles. The van der Waals surface area contributed by atoms with E-state index in [2.05, 4.69) is 9.97 Å². The molecule has 4 rings (SSSR count). The van der Waals surface area contributed by atoms with Gasteiger partial charge in [-0.25, -0.2) is 9.97 Å². The van der Waals surface area contributed by atoms with Crippen molar-refractivity contribution in [2.24, 2.45) is 5.92 Å². The smallest absolute Gasteiger partial charge is 0.228 e. The second kappa shape index (κ2) is 7.73. The number of benzene rings is 1. The van der Waals surface area contributed by atoms with Crippen LogP contribution >= 0.6 is 0 Å². The molecular weight excluding hydrogens is 344 g/mol. The lowest BCUT2D eigenvalue weighted by Crippen LogP contribution is -2.45. The standard InChI is InChI=1S/C20H22N4O3/c25-19-12-15(13-24(19)16-4-2-1-3-5-16)20(26)23-10-7-17(8-11-23)27-18-6-9-21-14-22-18/h1-6,9,14-15,17H,7-8,10-13H2. The number of carbonyl (C=O) groups excluding carboxylic acids is 2. The van der Waals surface area contributed by atoms with Gasteiger partial charge in [-0.05, 0) is 12.1 Å². The van der Waals surface area contributed by atoms with Crippen LogP contribution in [-0.2, 0) is 9.59 Å². The molecule has 2 aliphatic rings. The average molecular weight is 366 g/mol. The van der Waals surface area contributed by atoms with Crippen molar-refractivity contribution in [2.45, 2.75) is 25.4 Å². The second-order valence-electron chi connectivity index (χ2n) is 6.93. The van der Waals surface area contributed by atoms with Gasteiger partial charge in [0.2, 0.25) is 17.7 Å². The molecule has 140 valence electrons. The van der Waals surface area contributed by atoms with E-state index in [9.17, 15) is 9.59 Å². The number of hydrogen-bond acceptors (Lipinski definition) is 5. The third-order valence-electron chi connectivity index (χ3n) is 5.14. The van der Waals surface area contributed by atoms with E-state index < -0.39 is 0 Å². The number of anilines is 1. The summed E-state index contributed by atoms with van der Waals surface area (Å²) in [7, 11) is 0. The maximum absolute atomic E-state index is 12.9. The molecule has 2 amide bonds. The SMILES string of the molecule is O=C(C1CC(=O)N(c2ccccc2)C1)N1CCC(Oc2ccncn2)CC1. The number of aromatic nitrogens is 2. The normalized spacial score (nSPS) is 20.7. The van der Waals surface area contributed by atoms with Gasteiger partial charge in [0, 0.05) is 56.8 Å². The Bertz CT molecular complexity index is 791. The molecule has 7 heteroatoms. The molecular formula is C20H22N4O3. The summed E-state index contributed by atoms with van der Waals surface area (Å²) in [4.78, 5) is 36.8. The number of amides is 2. The number of ether oxygens (including phenoxy) is 1. The van der Waals surface area contributed by atoms with Crippen LogP contribution in [-0.4, -0.2) is 52.4 Å². The number of likely N-dealkylation sites (tertiary alicyclic amines) is 1. The van der Waals surface area contributed by atoms with Crippen molar-refractivity contribution in [3.05, 3.63) is 48.9 Å². The van der Waals surface area contributed by atoms with Crippen molar-refractivity contribution < 1.29 is 14.3 Å². The fourth-order valence-corrected chi connectivity index (χ4v) is 3.70. The summed E-state index contributed by atoms with van der Waals surface area (Å²) in [6, 6.07) is 11.3. The molecule has 2 aliphatic heterocycles. The molecule has 2 aromatic rings. The fraction of sp³-hybridized carbons (Fsp3) is 0.400. The molecule has 1 unspecified atom stereocenters. The largest absolute Gasteiger partial charge is 0.474 e. The summed E-state index contributed by atoms with van der Waals surface area (Å²) in [6.45, 7) is 1.74. The highest BCUT2D eigenvalue weighted by molar-refractivity contribution is 6.00. The van der Waals surface area contributed by atoms with Crippen molar-refractivity contribution in [1.29, 1.82) is 0 Å². The van der Waals surface area contributed by atoms with Crippen LogP contribution in [0.2, 0.25) is 0 Å². The lowest BCUT2D eigenvalue weighted by molar-refractivity contribution is -0.137. The zero-order valence-corrected chi connectivity index (χ0v) is 15.0. The highest BCUT2D eigenvalue weighted by atomic mass is 16.5.